The summed E-state index contributed by atoms with van der Waals surface area (Å²) < 4.78 is 0. The van der Waals surface area contributed by atoms with Crippen LogP contribution in [-0.2, 0) is 9.59 Å². The minimum atomic E-state index is -0.722. The van der Waals surface area contributed by atoms with Crippen molar-refractivity contribution >= 4 is 23.6 Å². The molecule has 0 aliphatic carbocycles. The van der Waals surface area contributed by atoms with Crippen LogP contribution in [0, 0.1) is 0 Å². The number of hydrogen-bond acceptors (Lipinski definition) is 3. The monoisotopic (exact) mass is 229 g/mol. The molecule has 0 saturated heterocycles. The molecule has 2 amide bonds. The molecule has 5 heteroatoms. The molecule has 17 heavy (non-hydrogen) atoms. The minimum absolute atomic E-state index is 0.0127. The van der Waals surface area contributed by atoms with Crippen molar-refractivity contribution < 1.29 is 9.59 Å². The molecule has 0 bridgehead atoms. The molecule has 1 aromatic rings. The summed E-state index contributed by atoms with van der Waals surface area (Å²) in [6.07, 6.45) is 3.19. The standard InChI is InChI=1S/C12H11N3O2/c13-11(16)8-6-5-7-3-1-2-4-9(7)15-10(8)12(14)17/h1-6,15H,(H2,13,16)(H2,14,17). The van der Waals surface area contributed by atoms with Gasteiger partial charge in [-0.1, -0.05) is 24.3 Å². The lowest BCUT2D eigenvalue weighted by Crippen LogP contribution is -2.26. The summed E-state index contributed by atoms with van der Waals surface area (Å²) in [5.74, 6) is -1.42. The summed E-state index contributed by atoms with van der Waals surface area (Å²) in [6, 6.07) is 7.30. The van der Waals surface area contributed by atoms with Crippen molar-refractivity contribution in [3.63, 3.8) is 0 Å². The Morgan fingerprint density at radius 2 is 1.71 bits per heavy atom. The zero-order chi connectivity index (χ0) is 12.4. The van der Waals surface area contributed by atoms with E-state index in [0.29, 0.717) is 5.69 Å². The smallest absolute Gasteiger partial charge is 0.265 e. The highest BCUT2D eigenvalue weighted by molar-refractivity contribution is 6.08. The molecule has 0 fully saturated rings. The maximum Gasteiger partial charge on any atom is 0.265 e. The average molecular weight is 229 g/mol. The highest BCUT2D eigenvalue weighted by atomic mass is 16.2. The van der Waals surface area contributed by atoms with Crippen molar-refractivity contribution in [3.05, 3.63) is 47.2 Å². The Hall–Kier alpha value is -2.56. The SMILES string of the molecule is NC(=O)C1=C(C(N)=O)Nc2ccccc2C=C1. The number of hydrogen-bond donors (Lipinski definition) is 3. The summed E-state index contributed by atoms with van der Waals surface area (Å²) in [5, 5.41) is 2.83. The molecule has 1 aliphatic rings. The molecule has 5 N–H and O–H groups in total. The third-order valence-electron chi connectivity index (χ3n) is 2.43. The van der Waals surface area contributed by atoms with Crippen molar-refractivity contribution in [1.82, 2.24) is 0 Å². The predicted octanol–water partition coefficient (Wildman–Crippen LogP) is 0.350. The van der Waals surface area contributed by atoms with Gasteiger partial charge in [0.25, 0.3) is 11.8 Å². The van der Waals surface area contributed by atoms with Crippen LogP contribution in [0.5, 0.6) is 0 Å². The molecular weight excluding hydrogens is 218 g/mol. The Bertz CT molecular complexity index is 559. The van der Waals surface area contributed by atoms with Crippen molar-refractivity contribution in [2.75, 3.05) is 5.32 Å². The first-order valence-corrected chi connectivity index (χ1v) is 4.97. The number of para-hydroxylation sites is 1. The van der Waals surface area contributed by atoms with Gasteiger partial charge in [0.15, 0.2) is 0 Å². The Kier molecular flexibility index (Phi) is 2.66. The molecule has 0 atom stereocenters. The van der Waals surface area contributed by atoms with Crippen LogP contribution >= 0.6 is 0 Å². The molecule has 1 aliphatic heterocycles. The highest BCUT2D eigenvalue weighted by Crippen LogP contribution is 2.24. The number of rotatable bonds is 2. The number of fused-ring (bicyclic) bond motifs is 1. The number of carbonyl (C=O) groups is 2. The van der Waals surface area contributed by atoms with Crippen LogP contribution in [0.3, 0.4) is 0 Å². The van der Waals surface area contributed by atoms with E-state index in [2.05, 4.69) is 5.32 Å². The van der Waals surface area contributed by atoms with Gasteiger partial charge in [-0.2, -0.15) is 0 Å². The van der Waals surface area contributed by atoms with Crippen molar-refractivity contribution in [2.24, 2.45) is 11.5 Å². The van der Waals surface area contributed by atoms with Gasteiger partial charge in [0.2, 0.25) is 0 Å². The Morgan fingerprint density at radius 3 is 2.35 bits per heavy atom. The minimum Gasteiger partial charge on any atom is -0.366 e. The predicted molar refractivity (Wildman–Crippen MR) is 64.5 cm³/mol. The molecule has 1 heterocycles. The first-order chi connectivity index (χ1) is 8.09. The summed E-state index contributed by atoms with van der Waals surface area (Å²) in [5.41, 5.74) is 12.1. The van der Waals surface area contributed by atoms with E-state index in [-0.39, 0.29) is 11.3 Å². The summed E-state index contributed by atoms with van der Waals surface area (Å²) >= 11 is 0. The average Bonchev–Trinajstić information content (AvgIpc) is 2.47. The van der Waals surface area contributed by atoms with Gasteiger partial charge in [0, 0.05) is 5.69 Å². The number of amides is 2. The zero-order valence-electron chi connectivity index (χ0n) is 8.94. The summed E-state index contributed by atoms with van der Waals surface area (Å²) in [7, 11) is 0. The maximum atomic E-state index is 11.3. The lowest BCUT2D eigenvalue weighted by molar-refractivity contribution is -0.116. The molecular formula is C12H11N3O2. The fraction of sp³-hybridized carbons (Fsp3) is 0. The lowest BCUT2D eigenvalue weighted by Gasteiger charge is -2.09. The Morgan fingerprint density at radius 1 is 1.00 bits per heavy atom. The van der Waals surface area contributed by atoms with Crippen LogP contribution < -0.4 is 16.8 Å². The Balaban J connectivity index is 2.58. The van der Waals surface area contributed by atoms with E-state index in [0.717, 1.165) is 5.56 Å². The van der Waals surface area contributed by atoms with Gasteiger partial charge in [-0.3, -0.25) is 9.59 Å². The largest absolute Gasteiger partial charge is 0.366 e. The van der Waals surface area contributed by atoms with E-state index in [9.17, 15) is 9.59 Å². The molecule has 0 spiro atoms. The van der Waals surface area contributed by atoms with E-state index in [1.54, 1.807) is 12.1 Å². The van der Waals surface area contributed by atoms with Crippen LogP contribution in [0.4, 0.5) is 5.69 Å². The van der Waals surface area contributed by atoms with Gasteiger partial charge >= 0.3 is 0 Å². The maximum absolute atomic E-state index is 11.3. The normalized spacial score (nSPS) is 13.6. The van der Waals surface area contributed by atoms with Gasteiger partial charge in [-0.25, -0.2) is 0 Å². The molecule has 0 unspecified atom stereocenters. The van der Waals surface area contributed by atoms with Gasteiger partial charge in [0.05, 0.1) is 5.57 Å². The lowest BCUT2D eigenvalue weighted by atomic mass is 10.1. The van der Waals surface area contributed by atoms with Crippen LogP contribution in [0.15, 0.2) is 41.6 Å². The van der Waals surface area contributed by atoms with Crippen LogP contribution in [-0.4, -0.2) is 11.8 Å². The van der Waals surface area contributed by atoms with E-state index in [1.165, 1.54) is 6.08 Å². The molecule has 0 saturated carbocycles. The van der Waals surface area contributed by atoms with Crippen LogP contribution in [0.25, 0.3) is 6.08 Å². The van der Waals surface area contributed by atoms with Gasteiger partial charge in [0.1, 0.15) is 5.70 Å². The first-order valence-electron chi connectivity index (χ1n) is 4.97. The third kappa shape index (κ3) is 2.03. The molecule has 1 aromatic carbocycles. The van der Waals surface area contributed by atoms with Crippen molar-refractivity contribution in [2.45, 2.75) is 0 Å². The number of carbonyl (C=O) groups excluding carboxylic acids is 2. The molecule has 5 nitrogen and oxygen atoms in total. The third-order valence-corrected chi connectivity index (χ3v) is 2.43. The van der Waals surface area contributed by atoms with E-state index >= 15 is 0 Å². The highest BCUT2D eigenvalue weighted by Gasteiger charge is 2.18. The fourth-order valence-corrected chi connectivity index (χ4v) is 1.61. The second-order valence-corrected chi connectivity index (χ2v) is 3.56. The Labute approximate surface area is 97.8 Å². The zero-order valence-corrected chi connectivity index (χ0v) is 8.94. The van der Waals surface area contributed by atoms with Crippen LogP contribution in [0.2, 0.25) is 0 Å². The van der Waals surface area contributed by atoms with E-state index < -0.39 is 11.8 Å². The second kappa shape index (κ2) is 4.13. The molecule has 0 radical (unpaired) electrons. The van der Waals surface area contributed by atoms with Gasteiger partial charge < -0.3 is 16.8 Å². The number of benzene rings is 1. The number of nitrogens with two attached hydrogens (primary N) is 2. The molecule has 86 valence electrons. The molecule has 0 aromatic heterocycles. The number of primary amides is 2. The summed E-state index contributed by atoms with van der Waals surface area (Å²) in [6.45, 7) is 0. The van der Waals surface area contributed by atoms with Crippen molar-refractivity contribution in [3.8, 4) is 0 Å². The van der Waals surface area contributed by atoms with Crippen molar-refractivity contribution in [1.29, 1.82) is 0 Å². The number of nitrogens with one attached hydrogen (secondary N) is 1. The van der Waals surface area contributed by atoms with E-state index in [1.807, 2.05) is 18.2 Å². The topological polar surface area (TPSA) is 98.2 Å². The van der Waals surface area contributed by atoms with Gasteiger partial charge in [-0.15, -0.1) is 0 Å². The fourth-order valence-electron chi connectivity index (χ4n) is 1.61. The van der Waals surface area contributed by atoms with E-state index in [4.69, 9.17) is 11.5 Å². The van der Waals surface area contributed by atoms with Gasteiger partial charge in [-0.05, 0) is 17.7 Å². The van der Waals surface area contributed by atoms with Crippen LogP contribution in [0.1, 0.15) is 5.56 Å². The quantitative estimate of drug-likeness (QED) is 0.682. The number of anilines is 1. The first kappa shape index (κ1) is 10.9. The second-order valence-electron chi connectivity index (χ2n) is 3.56. The summed E-state index contributed by atoms with van der Waals surface area (Å²) in [4.78, 5) is 22.5. The molecule has 2 rings (SSSR count).